The zero-order chi connectivity index (χ0) is 11.8. The first-order valence-electron chi connectivity index (χ1n) is 6.01. The topological polar surface area (TPSA) is 34.0 Å². The van der Waals surface area contributed by atoms with Gasteiger partial charge in [-0.3, -0.25) is 0 Å². The van der Waals surface area contributed by atoms with Crippen LogP contribution < -0.4 is 4.90 Å². The number of fused-ring (bicyclic) bond motifs is 1. The fourth-order valence-corrected chi connectivity index (χ4v) is 2.37. The van der Waals surface area contributed by atoms with Gasteiger partial charge in [0.05, 0.1) is 0 Å². The monoisotopic (exact) mass is 228 g/mol. The van der Waals surface area contributed by atoms with Gasteiger partial charge in [-0.2, -0.15) is 10.1 Å². The third kappa shape index (κ3) is 1.69. The van der Waals surface area contributed by atoms with Gasteiger partial charge in [-0.1, -0.05) is 18.2 Å². The van der Waals surface area contributed by atoms with Crippen molar-refractivity contribution in [1.82, 2.24) is 14.8 Å². The highest BCUT2D eigenvalue weighted by Crippen LogP contribution is 2.30. The van der Waals surface area contributed by atoms with Crippen molar-refractivity contribution in [1.29, 1.82) is 0 Å². The van der Waals surface area contributed by atoms with E-state index in [0.717, 1.165) is 24.7 Å². The number of para-hydroxylation sites is 1. The molecular formula is C13H16N4. The lowest BCUT2D eigenvalue weighted by Gasteiger charge is -2.34. The first-order valence-corrected chi connectivity index (χ1v) is 6.01. The van der Waals surface area contributed by atoms with E-state index in [2.05, 4.69) is 46.2 Å². The van der Waals surface area contributed by atoms with E-state index in [1.165, 1.54) is 5.69 Å². The number of nitrogens with zero attached hydrogens (tertiary/aromatic N) is 4. The van der Waals surface area contributed by atoms with Crippen molar-refractivity contribution in [2.24, 2.45) is 0 Å². The van der Waals surface area contributed by atoms with Crippen LogP contribution in [0, 0.1) is 6.92 Å². The van der Waals surface area contributed by atoms with Gasteiger partial charge in [0.25, 0.3) is 0 Å². The van der Waals surface area contributed by atoms with Crippen molar-refractivity contribution in [2.45, 2.75) is 32.9 Å². The molecule has 0 radical (unpaired) electrons. The maximum Gasteiger partial charge on any atom is 0.228 e. The summed E-state index contributed by atoms with van der Waals surface area (Å²) in [6.07, 6.45) is 1.10. The molecule has 2 heterocycles. The van der Waals surface area contributed by atoms with Crippen LogP contribution in [0.15, 0.2) is 30.3 Å². The van der Waals surface area contributed by atoms with Crippen molar-refractivity contribution in [3.05, 3.63) is 36.2 Å². The SMILES string of the molecule is Cc1nc2n(n1)CCC(C)N2c1ccccc1. The van der Waals surface area contributed by atoms with Gasteiger partial charge < -0.3 is 4.90 Å². The van der Waals surface area contributed by atoms with Gasteiger partial charge in [0.2, 0.25) is 5.95 Å². The third-order valence-electron chi connectivity index (χ3n) is 3.21. The maximum absolute atomic E-state index is 4.54. The van der Waals surface area contributed by atoms with E-state index in [1.54, 1.807) is 0 Å². The summed E-state index contributed by atoms with van der Waals surface area (Å²) in [5.41, 5.74) is 1.19. The second-order valence-electron chi connectivity index (χ2n) is 4.53. The molecule has 1 atom stereocenters. The molecule has 0 fully saturated rings. The third-order valence-corrected chi connectivity index (χ3v) is 3.21. The predicted molar refractivity (Wildman–Crippen MR) is 67.4 cm³/mol. The Morgan fingerprint density at radius 1 is 1.24 bits per heavy atom. The summed E-state index contributed by atoms with van der Waals surface area (Å²) in [5.74, 6) is 1.81. The van der Waals surface area contributed by atoms with E-state index in [9.17, 15) is 0 Å². The van der Waals surface area contributed by atoms with Crippen molar-refractivity contribution in [3.63, 3.8) is 0 Å². The largest absolute Gasteiger partial charge is 0.308 e. The summed E-state index contributed by atoms with van der Waals surface area (Å²) in [6.45, 7) is 5.14. The van der Waals surface area contributed by atoms with Crippen LogP contribution >= 0.6 is 0 Å². The molecule has 1 aromatic heterocycles. The second-order valence-corrected chi connectivity index (χ2v) is 4.53. The van der Waals surface area contributed by atoms with E-state index >= 15 is 0 Å². The molecule has 1 aliphatic heterocycles. The Kier molecular flexibility index (Phi) is 2.35. The average molecular weight is 228 g/mol. The summed E-state index contributed by atoms with van der Waals surface area (Å²) in [5, 5.41) is 4.43. The molecule has 0 saturated heterocycles. The summed E-state index contributed by atoms with van der Waals surface area (Å²) in [4.78, 5) is 6.80. The summed E-state index contributed by atoms with van der Waals surface area (Å²) < 4.78 is 2.00. The standard InChI is InChI=1S/C13H16N4/c1-10-8-9-16-13(14-11(2)15-16)17(10)12-6-4-3-5-7-12/h3-7,10H,8-9H2,1-2H3. The number of hydrogen-bond donors (Lipinski definition) is 0. The lowest BCUT2D eigenvalue weighted by atomic mass is 10.1. The molecule has 0 saturated carbocycles. The molecule has 1 aliphatic rings. The summed E-state index contributed by atoms with van der Waals surface area (Å²) in [7, 11) is 0. The van der Waals surface area contributed by atoms with Crippen LogP contribution in [0.1, 0.15) is 19.2 Å². The van der Waals surface area contributed by atoms with Crippen LogP contribution in [0.5, 0.6) is 0 Å². The van der Waals surface area contributed by atoms with E-state index in [0.29, 0.717) is 6.04 Å². The Hall–Kier alpha value is -1.84. The molecule has 1 aromatic carbocycles. The molecule has 2 aromatic rings. The van der Waals surface area contributed by atoms with Gasteiger partial charge in [-0.25, -0.2) is 4.68 Å². The zero-order valence-electron chi connectivity index (χ0n) is 10.2. The van der Waals surface area contributed by atoms with Crippen LogP contribution in [0.2, 0.25) is 0 Å². The first-order chi connectivity index (χ1) is 8.25. The maximum atomic E-state index is 4.54. The molecule has 0 spiro atoms. The summed E-state index contributed by atoms with van der Waals surface area (Å²) >= 11 is 0. The predicted octanol–water partition coefficient (Wildman–Crippen LogP) is 2.52. The van der Waals surface area contributed by atoms with Crippen molar-refractivity contribution in [3.8, 4) is 0 Å². The van der Waals surface area contributed by atoms with Gasteiger partial charge >= 0.3 is 0 Å². The van der Waals surface area contributed by atoms with Gasteiger partial charge in [0.1, 0.15) is 5.82 Å². The molecule has 0 N–H and O–H groups in total. The number of benzene rings is 1. The van der Waals surface area contributed by atoms with Gasteiger partial charge in [0.15, 0.2) is 0 Å². The Morgan fingerprint density at radius 3 is 2.76 bits per heavy atom. The highest BCUT2D eigenvalue weighted by Gasteiger charge is 2.26. The summed E-state index contributed by atoms with van der Waals surface area (Å²) in [6, 6.07) is 10.9. The Morgan fingerprint density at radius 2 is 2.00 bits per heavy atom. The van der Waals surface area contributed by atoms with Crippen molar-refractivity contribution in [2.75, 3.05) is 4.90 Å². The molecule has 4 heteroatoms. The minimum atomic E-state index is 0.466. The van der Waals surface area contributed by atoms with Crippen LogP contribution in [0.4, 0.5) is 11.6 Å². The molecule has 0 bridgehead atoms. The Labute approximate surface area is 101 Å². The zero-order valence-corrected chi connectivity index (χ0v) is 10.2. The fourth-order valence-electron chi connectivity index (χ4n) is 2.37. The smallest absolute Gasteiger partial charge is 0.228 e. The second kappa shape index (κ2) is 3.87. The van der Waals surface area contributed by atoms with Gasteiger partial charge in [0, 0.05) is 18.3 Å². The normalized spacial score (nSPS) is 19.2. The van der Waals surface area contributed by atoms with Crippen LogP contribution in [-0.2, 0) is 6.54 Å². The molecule has 3 rings (SSSR count). The molecule has 0 amide bonds. The van der Waals surface area contributed by atoms with E-state index in [4.69, 9.17) is 0 Å². The van der Waals surface area contributed by atoms with Crippen LogP contribution in [0.25, 0.3) is 0 Å². The Bertz CT molecular complexity index is 517. The minimum absolute atomic E-state index is 0.466. The lowest BCUT2D eigenvalue weighted by molar-refractivity contribution is 0.473. The quantitative estimate of drug-likeness (QED) is 0.752. The highest BCUT2D eigenvalue weighted by atomic mass is 15.5. The first kappa shape index (κ1) is 10.3. The van der Waals surface area contributed by atoms with E-state index in [-0.39, 0.29) is 0 Å². The fraction of sp³-hybridized carbons (Fsp3) is 0.385. The molecule has 0 aliphatic carbocycles. The number of aryl methyl sites for hydroxylation is 2. The van der Waals surface area contributed by atoms with Crippen LogP contribution in [0.3, 0.4) is 0 Å². The van der Waals surface area contributed by atoms with Crippen molar-refractivity contribution < 1.29 is 0 Å². The molecule has 88 valence electrons. The number of hydrogen-bond acceptors (Lipinski definition) is 3. The molecular weight excluding hydrogens is 212 g/mol. The van der Waals surface area contributed by atoms with Gasteiger partial charge in [-0.05, 0) is 32.4 Å². The average Bonchev–Trinajstić information content (AvgIpc) is 2.70. The number of rotatable bonds is 1. The van der Waals surface area contributed by atoms with E-state index in [1.807, 2.05) is 17.7 Å². The molecule has 4 nitrogen and oxygen atoms in total. The molecule has 17 heavy (non-hydrogen) atoms. The van der Waals surface area contributed by atoms with Gasteiger partial charge in [-0.15, -0.1) is 0 Å². The highest BCUT2D eigenvalue weighted by molar-refractivity contribution is 5.58. The van der Waals surface area contributed by atoms with Crippen LogP contribution in [-0.4, -0.2) is 20.8 Å². The lowest BCUT2D eigenvalue weighted by Crippen LogP contribution is -2.36. The number of anilines is 2. The number of aromatic nitrogens is 3. The minimum Gasteiger partial charge on any atom is -0.308 e. The Balaban J connectivity index is 2.09. The van der Waals surface area contributed by atoms with E-state index < -0.39 is 0 Å². The molecule has 1 unspecified atom stereocenters. The van der Waals surface area contributed by atoms with Crippen molar-refractivity contribution >= 4 is 11.6 Å².